The molecule has 1 aromatic heterocycles. The molecule has 4 aliphatic heterocycles. The summed E-state index contributed by atoms with van der Waals surface area (Å²) < 4.78 is 25.4. The van der Waals surface area contributed by atoms with E-state index in [1.165, 1.54) is 16.7 Å². The van der Waals surface area contributed by atoms with Gasteiger partial charge >= 0.3 is 5.97 Å². The molecule has 0 saturated carbocycles. The highest BCUT2D eigenvalue weighted by molar-refractivity contribution is 8.03. The molecule has 38 heavy (non-hydrogen) atoms. The number of nitrogens with two attached hydrogens (primary N) is 1. The van der Waals surface area contributed by atoms with Gasteiger partial charge < -0.3 is 26.0 Å². The number of tetrazole rings is 1. The maximum atomic E-state index is 13.2. The molecule has 5 heterocycles. The second kappa shape index (κ2) is 10.2. The van der Waals surface area contributed by atoms with E-state index in [0.717, 1.165) is 17.5 Å². The SMILES string of the molecule is C[C@@H](CS(=O)(=O)Cn1ncnn1)[C@H]1C(=O)N2C(C(=O)O)=C(S[C@@H]3CN[C@H](C(=O)N4CC[C@@H](N)C4)C3)[C@H](C)[C@H]12. The zero-order valence-corrected chi connectivity index (χ0v) is 22.8. The molecule has 0 bridgehead atoms. The Kier molecular flexibility index (Phi) is 7.26. The lowest BCUT2D eigenvalue weighted by molar-refractivity contribution is -0.159. The van der Waals surface area contributed by atoms with Crippen LogP contribution in [0.15, 0.2) is 16.9 Å². The Morgan fingerprint density at radius 3 is 2.76 bits per heavy atom. The largest absolute Gasteiger partial charge is 0.477 e. The smallest absolute Gasteiger partial charge is 0.353 e. The summed E-state index contributed by atoms with van der Waals surface area (Å²) in [4.78, 5) is 43.0. The van der Waals surface area contributed by atoms with Crippen LogP contribution in [0, 0.1) is 17.8 Å². The fourth-order valence-corrected chi connectivity index (χ4v) is 9.18. The lowest BCUT2D eigenvalue weighted by atomic mass is 9.75. The standard InChI is InChI=1S/C22H32N8O6S2/c1-11(8-38(35,36)10-29-26-9-25-27-29)16-17-12(2)19(18(22(33)34)30(17)21(16)32)37-14-5-15(24-6-14)20(31)28-4-3-13(23)7-28/h9,11-17,24H,3-8,10,23H2,1-2H3,(H,33,34)/t11-,12+,13+,14-,15-,16+,17+/m0/s1. The van der Waals surface area contributed by atoms with Crippen LogP contribution >= 0.6 is 11.8 Å². The summed E-state index contributed by atoms with van der Waals surface area (Å²) >= 11 is 1.40. The predicted molar refractivity (Wildman–Crippen MR) is 136 cm³/mol. The van der Waals surface area contributed by atoms with Gasteiger partial charge in [-0.3, -0.25) is 9.59 Å². The molecule has 0 aliphatic carbocycles. The maximum Gasteiger partial charge on any atom is 0.353 e. The third-order valence-electron chi connectivity index (χ3n) is 7.84. The second-order valence-corrected chi connectivity index (χ2v) is 14.0. The highest BCUT2D eigenvalue weighted by Gasteiger charge is 2.60. The first-order chi connectivity index (χ1) is 18.0. The molecule has 14 nitrogen and oxygen atoms in total. The molecule has 4 aliphatic rings. The van der Waals surface area contributed by atoms with Crippen LogP contribution in [0.5, 0.6) is 0 Å². The van der Waals surface area contributed by atoms with E-state index in [0.29, 0.717) is 31.0 Å². The van der Waals surface area contributed by atoms with Gasteiger partial charge in [0.05, 0.1) is 23.8 Å². The molecular weight excluding hydrogens is 536 g/mol. The zero-order valence-electron chi connectivity index (χ0n) is 21.1. The number of carboxylic acid groups (broad SMARTS) is 1. The molecule has 2 amide bonds. The van der Waals surface area contributed by atoms with Gasteiger partial charge in [-0.15, -0.1) is 26.8 Å². The number of sulfone groups is 1. The number of hydrogen-bond donors (Lipinski definition) is 3. The molecule has 7 atom stereocenters. The van der Waals surface area contributed by atoms with Gasteiger partial charge in [0.2, 0.25) is 11.8 Å². The fraction of sp³-hybridized carbons (Fsp3) is 0.727. The summed E-state index contributed by atoms with van der Waals surface area (Å²) in [5.74, 6) is -3.67. The topological polar surface area (TPSA) is 194 Å². The summed E-state index contributed by atoms with van der Waals surface area (Å²) in [6, 6.07) is -0.775. The highest BCUT2D eigenvalue weighted by atomic mass is 32.2. The first kappa shape index (κ1) is 27.0. The number of amides is 2. The highest BCUT2D eigenvalue weighted by Crippen LogP contribution is 2.53. The van der Waals surface area contributed by atoms with Crippen LogP contribution in [-0.2, 0) is 30.1 Å². The summed E-state index contributed by atoms with van der Waals surface area (Å²) in [5.41, 5.74) is 5.91. The number of likely N-dealkylation sites (tertiary alicyclic amines) is 1. The molecule has 4 N–H and O–H groups in total. The van der Waals surface area contributed by atoms with Crippen molar-refractivity contribution in [3.8, 4) is 0 Å². The second-order valence-electron chi connectivity index (χ2n) is 10.6. The van der Waals surface area contributed by atoms with Crippen LogP contribution < -0.4 is 11.1 Å². The molecule has 3 saturated heterocycles. The first-order valence-corrected chi connectivity index (χ1v) is 15.3. The molecule has 0 aromatic carbocycles. The van der Waals surface area contributed by atoms with Crippen molar-refractivity contribution >= 4 is 39.4 Å². The Labute approximate surface area is 224 Å². The minimum atomic E-state index is -3.64. The van der Waals surface area contributed by atoms with Crippen LogP contribution in [0.1, 0.15) is 26.7 Å². The number of β-lactam (4-membered cyclic amide) rings is 1. The minimum absolute atomic E-state index is 0.000218. The number of nitrogens with one attached hydrogen (secondary N) is 1. The van der Waals surface area contributed by atoms with Gasteiger partial charge in [0.25, 0.3) is 0 Å². The van der Waals surface area contributed by atoms with Gasteiger partial charge in [0.1, 0.15) is 5.70 Å². The van der Waals surface area contributed by atoms with Gasteiger partial charge in [-0.1, -0.05) is 13.8 Å². The lowest BCUT2D eigenvalue weighted by Crippen LogP contribution is -2.63. The number of carboxylic acids is 1. The first-order valence-electron chi connectivity index (χ1n) is 12.6. The van der Waals surface area contributed by atoms with E-state index in [4.69, 9.17) is 5.73 Å². The Bertz CT molecular complexity index is 1250. The van der Waals surface area contributed by atoms with E-state index in [-0.39, 0.29) is 46.5 Å². The van der Waals surface area contributed by atoms with Crippen molar-refractivity contribution in [3.63, 3.8) is 0 Å². The Balaban J connectivity index is 1.25. The molecule has 1 aromatic rings. The van der Waals surface area contributed by atoms with Gasteiger partial charge in [-0.05, 0) is 24.0 Å². The van der Waals surface area contributed by atoms with E-state index in [2.05, 4.69) is 20.7 Å². The number of nitrogens with zero attached hydrogens (tertiary/aromatic N) is 6. The average molecular weight is 569 g/mol. The van der Waals surface area contributed by atoms with Crippen LogP contribution in [0.2, 0.25) is 0 Å². The zero-order chi connectivity index (χ0) is 27.4. The Hall–Kier alpha value is -2.56. The van der Waals surface area contributed by atoms with E-state index in [1.807, 2.05) is 6.92 Å². The van der Waals surface area contributed by atoms with Crippen molar-refractivity contribution in [2.24, 2.45) is 23.5 Å². The quantitative estimate of drug-likeness (QED) is 0.292. The molecule has 0 unspecified atom stereocenters. The average Bonchev–Trinajstić information content (AvgIpc) is 3.62. The summed E-state index contributed by atoms with van der Waals surface area (Å²) in [7, 11) is -3.64. The summed E-state index contributed by atoms with van der Waals surface area (Å²) in [6.45, 7) is 5.31. The normalized spacial score (nSPS) is 32.0. The van der Waals surface area contributed by atoms with E-state index in [1.54, 1.807) is 11.8 Å². The van der Waals surface area contributed by atoms with Crippen LogP contribution in [0.4, 0.5) is 0 Å². The van der Waals surface area contributed by atoms with Crippen LogP contribution in [0.3, 0.4) is 0 Å². The van der Waals surface area contributed by atoms with E-state index in [9.17, 15) is 27.9 Å². The maximum absolute atomic E-state index is 13.2. The number of thioether (sulfide) groups is 1. The number of aliphatic carboxylic acids is 1. The monoisotopic (exact) mass is 568 g/mol. The van der Waals surface area contributed by atoms with Crippen molar-refractivity contribution in [1.29, 1.82) is 0 Å². The molecule has 0 spiro atoms. The van der Waals surface area contributed by atoms with Crippen molar-refractivity contribution in [2.45, 2.75) is 55.9 Å². The number of aromatic nitrogens is 4. The van der Waals surface area contributed by atoms with Crippen molar-refractivity contribution in [1.82, 2.24) is 35.3 Å². The molecular formula is C22H32N8O6S2. The number of carbonyl (C=O) groups is 3. The third-order valence-corrected chi connectivity index (χ3v) is 11.0. The molecule has 208 valence electrons. The number of rotatable bonds is 9. The lowest BCUT2D eigenvalue weighted by Gasteiger charge is -2.47. The van der Waals surface area contributed by atoms with Gasteiger partial charge in [0, 0.05) is 41.7 Å². The molecule has 5 rings (SSSR count). The van der Waals surface area contributed by atoms with Gasteiger partial charge in [-0.25, -0.2) is 13.2 Å². The van der Waals surface area contributed by atoms with Crippen LogP contribution in [-0.4, -0.2) is 110 Å². The molecule has 0 radical (unpaired) electrons. The summed E-state index contributed by atoms with van der Waals surface area (Å²) in [6.07, 6.45) is 2.47. The third kappa shape index (κ3) is 4.94. The number of hydrogen-bond acceptors (Lipinski definition) is 11. The van der Waals surface area contributed by atoms with Gasteiger partial charge in [-0.2, -0.15) is 0 Å². The van der Waals surface area contributed by atoms with Crippen LogP contribution in [0.25, 0.3) is 0 Å². The number of carbonyl (C=O) groups excluding carboxylic acids is 2. The van der Waals surface area contributed by atoms with Crippen molar-refractivity contribution in [3.05, 3.63) is 16.9 Å². The predicted octanol–water partition coefficient (Wildman–Crippen LogP) is -1.52. The van der Waals surface area contributed by atoms with Crippen molar-refractivity contribution < 1.29 is 27.9 Å². The Morgan fingerprint density at radius 2 is 2.13 bits per heavy atom. The number of fused-ring (bicyclic) bond motifs is 1. The Morgan fingerprint density at radius 1 is 1.37 bits per heavy atom. The molecule has 16 heteroatoms. The summed E-state index contributed by atoms with van der Waals surface area (Å²) in [5, 5.41) is 24.1. The van der Waals surface area contributed by atoms with Gasteiger partial charge in [0.15, 0.2) is 22.0 Å². The van der Waals surface area contributed by atoms with E-state index < -0.39 is 39.6 Å². The minimum Gasteiger partial charge on any atom is -0.477 e. The fourth-order valence-electron chi connectivity index (χ4n) is 6.12. The molecule has 3 fully saturated rings. The van der Waals surface area contributed by atoms with E-state index >= 15 is 0 Å². The van der Waals surface area contributed by atoms with Crippen molar-refractivity contribution in [2.75, 3.05) is 25.4 Å².